The second-order valence-electron chi connectivity index (χ2n) is 14.6. The number of aliphatic hydroxyl groups is 3. The van der Waals surface area contributed by atoms with Crippen molar-refractivity contribution in [1.82, 2.24) is 0 Å². The van der Waals surface area contributed by atoms with Crippen molar-refractivity contribution in [3.63, 3.8) is 0 Å². The first-order chi connectivity index (χ1) is 23.8. The van der Waals surface area contributed by atoms with Crippen LogP contribution in [0.1, 0.15) is 75.2 Å². The van der Waals surface area contributed by atoms with E-state index in [2.05, 4.69) is 0 Å². The average molecular weight is 721 g/mol. The summed E-state index contributed by atoms with van der Waals surface area (Å²) >= 11 is 0. The lowest BCUT2D eigenvalue weighted by Gasteiger charge is -2.50. The summed E-state index contributed by atoms with van der Waals surface area (Å²) in [6, 6.07) is 0. The van der Waals surface area contributed by atoms with Crippen LogP contribution in [0.15, 0.2) is 59.4 Å². The number of rotatable bonds is 10. The summed E-state index contributed by atoms with van der Waals surface area (Å²) in [5.74, 6) is -7.68. The normalized spacial score (nSPS) is 37.1. The first-order valence-electron chi connectivity index (χ1n) is 17.7. The molecule has 12 atom stereocenters. The molecule has 12 heteroatoms. The fraction of sp³-hybridized carbons (Fsp3) is 0.667. The number of ether oxygens (including phenoxy) is 5. The Kier molecular flexibility index (Phi) is 16.8. The molecule has 12 nitrogen and oxygen atoms in total. The maximum absolute atomic E-state index is 13.6. The molecule has 0 bridgehead atoms. The highest BCUT2D eigenvalue weighted by molar-refractivity contribution is 5.90. The van der Waals surface area contributed by atoms with Gasteiger partial charge in [0.05, 0.1) is 25.4 Å². The molecule has 2 heterocycles. The number of carbonyl (C=O) groups excluding carboxylic acids is 2. The van der Waals surface area contributed by atoms with Crippen molar-refractivity contribution in [1.29, 1.82) is 0 Å². The minimum Gasteiger partial charge on any atom is -0.490 e. The molecule has 2 rings (SSSR count). The van der Waals surface area contributed by atoms with E-state index in [0.29, 0.717) is 18.1 Å². The number of methoxy groups -OCH3 is 2. The van der Waals surface area contributed by atoms with Crippen LogP contribution in [0.5, 0.6) is 0 Å². The molecule has 0 radical (unpaired) electrons. The minimum absolute atomic E-state index is 0.0458. The number of esters is 2. The summed E-state index contributed by atoms with van der Waals surface area (Å²) in [6.07, 6.45) is 5.37. The Morgan fingerprint density at radius 3 is 2.27 bits per heavy atom. The number of aliphatic carboxylic acids is 1. The van der Waals surface area contributed by atoms with Crippen molar-refractivity contribution in [2.75, 3.05) is 14.2 Å². The SMILES string of the molecule is CO/C1=C\C(C)=C\[C@@H](C)[C@@H](O)[C@@H](C)C/C(C)=C/C=C\[C@H](OC)[C@@H]([C@@H](C)[C@@H](O)[C@H](C)[C@@]2(O)C[C@@H](OC(=O)/C=C/C(=O)O)[C@H](C)[C@@H](C(C)C)O2)OC1=O. The lowest BCUT2D eigenvalue weighted by atomic mass is 9.76. The highest BCUT2D eigenvalue weighted by atomic mass is 16.6. The summed E-state index contributed by atoms with van der Waals surface area (Å²) in [5.41, 5.74) is 1.70. The fourth-order valence-electron chi connectivity index (χ4n) is 7.00. The Hall–Kier alpha value is -3.29. The van der Waals surface area contributed by atoms with Crippen LogP contribution < -0.4 is 0 Å². The van der Waals surface area contributed by atoms with Gasteiger partial charge in [-0.25, -0.2) is 14.4 Å². The third-order valence-electron chi connectivity index (χ3n) is 10.1. The maximum atomic E-state index is 13.6. The van der Waals surface area contributed by atoms with Gasteiger partial charge in [0.2, 0.25) is 5.76 Å². The topological polar surface area (TPSA) is 178 Å². The van der Waals surface area contributed by atoms with Crippen LogP contribution in [0, 0.1) is 35.5 Å². The molecule has 0 aromatic carbocycles. The van der Waals surface area contributed by atoms with Crippen LogP contribution in [0.25, 0.3) is 0 Å². The van der Waals surface area contributed by atoms with Crippen LogP contribution in [-0.2, 0) is 38.1 Å². The summed E-state index contributed by atoms with van der Waals surface area (Å²) in [6.45, 7) is 16.5. The Morgan fingerprint density at radius 2 is 1.71 bits per heavy atom. The first kappa shape index (κ1) is 43.9. The Morgan fingerprint density at radius 1 is 1.06 bits per heavy atom. The van der Waals surface area contributed by atoms with E-state index in [1.807, 2.05) is 53.7 Å². The van der Waals surface area contributed by atoms with E-state index in [4.69, 9.17) is 28.8 Å². The molecule has 1 saturated heterocycles. The van der Waals surface area contributed by atoms with Crippen molar-refractivity contribution in [2.24, 2.45) is 35.5 Å². The van der Waals surface area contributed by atoms with E-state index in [0.717, 1.165) is 11.6 Å². The predicted molar refractivity (Wildman–Crippen MR) is 191 cm³/mol. The summed E-state index contributed by atoms with van der Waals surface area (Å²) < 4.78 is 29.1. The van der Waals surface area contributed by atoms with Gasteiger partial charge in [0.25, 0.3) is 0 Å². The van der Waals surface area contributed by atoms with Gasteiger partial charge in [-0.3, -0.25) is 0 Å². The summed E-state index contributed by atoms with van der Waals surface area (Å²) in [5, 5.41) is 43.8. The van der Waals surface area contributed by atoms with Crippen LogP contribution in [0.3, 0.4) is 0 Å². The highest BCUT2D eigenvalue weighted by Crippen LogP contribution is 2.42. The number of aliphatic hydroxyl groups excluding tert-OH is 2. The average Bonchev–Trinajstić information content (AvgIpc) is 3.06. The molecule has 0 aliphatic carbocycles. The predicted octanol–water partition coefficient (Wildman–Crippen LogP) is 4.88. The van der Waals surface area contributed by atoms with Gasteiger partial charge in [0.1, 0.15) is 18.3 Å². The van der Waals surface area contributed by atoms with Crippen LogP contribution in [-0.4, -0.2) is 95.0 Å². The molecule has 0 unspecified atom stereocenters. The third-order valence-corrected chi connectivity index (χ3v) is 10.1. The Balaban J connectivity index is 2.55. The van der Waals surface area contributed by atoms with Crippen molar-refractivity contribution >= 4 is 17.9 Å². The molecule has 0 amide bonds. The number of carboxylic acid groups (broad SMARTS) is 1. The lowest BCUT2D eigenvalue weighted by Crippen LogP contribution is -2.59. The van der Waals surface area contributed by atoms with Crippen molar-refractivity contribution < 1.29 is 58.5 Å². The van der Waals surface area contributed by atoms with Gasteiger partial charge in [-0.1, -0.05) is 83.9 Å². The van der Waals surface area contributed by atoms with Crippen molar-refractivity contribution in [3.8, 4) is 0 Å². The number of carboxylic acids is 1. The minimum atomic E-state index is -1.99. The molecule has 2 aliphatic rings. The van der Waals surface area contributed by atoms with E-state index in [1.165, 1.54) is 20.3 Å². The fourth-order valence-corrected chi connectivity index (χ4v) is 7.00. The van der Waals surface area contributed by atoms with Gasteiger partial charge in [0, 0.05) is 49.4 Å². The van der Waals surface area contributed by atoms with E-state index in [-0.39, 0.29) is 35.9 Å². The number of hydrogen-bond donors (Lipinski definition) is 4. The van der Waals surface area contributed by atoms with Crippen molar-refractivity contribution in [3.05, 3.63) is 59.4 Å². The molecular weight excluding hydrogens is 660 g/mol. The van der Waals surface area contributed by atoms with Gasteiger partial charge in [-0.15, -0.1) is 0 Å². The van der Waals surface area contributed by atoms with Gasteiger partial charge < -0.3 is 44.1 Å². The molecule has 0 aromatic heterocycles. The molecule has 0 aromatic rings. The zero-order valence-electron chi connectivity index (χ0n) is 31.9. The molecule has 51 heavy (non-hydrogen) atoms. The lowest BCUT2D eigenvalue weighted by molar-refractivity contribution is -0.329. The number of cyclic esters (lactones) is 1. The first-order valence-corrected chi connectivity index (χ1v) is 17.7. The molecule has 288 valence electrons. The number of carbonyl (C=O) groups is 3. The van der Waals surface area contributed by atoms with Crippen LogP contribution >= 0.6 is 0 Å². The third kappa shape index (κ3) is 12.1. The van der Waals surface area contributed by atoms with E-state index in [9.17, 15) is 29.7 Å². The van der Waals surface area contributed by atoms with Gasteiger partial charge in [0.15, 0.2) is 5.79 Å². The monoisotopic (exact) mass is 720 g/mol. The van der Waals surface area contributed by atoms with E-state index >= 15 is 0 Å². The zero-order valence-corrected chi connectivity index (χ0v) is 31.9. The van der Waals surface area contributed by atoms with Gasteiger partial charge in [-0.2, -0.15) is 0 Å². The van der Waals surface area contributed by atoms with E-state index < -0.39 is 72.2 Å². The Bertz CT molecular complexity index is 1350. The number of hydrogen-bond acceptors (Lipinski definition) is 11. The smallest absolute Gasteiger partial charge is 0.373 e. The van der Waals surface area contributed by atoms with Crippen LogP contribution in [0.2, 0.25) is 0 Å². The maximum Gasteiger partial charge on any atom is 0.373 e. The van der Waals surface area contributed by atoms with Crippen molar-refractivity contribution in [2.45, 2.75) is 118 Å². The molecule has 0 spiro atoms. The Labute approximate surface area is 302 Å². The van der Waals surface area contributed by atoms with E-state index in [1.54, 1.807) is 32.9 Å². The zero-order chi connectivity index (χ0) is 38.8. The number of allylic oxidation sites excluding steroid dienone is 5. The quantitative estimate of drug-likeness (QED) is 0.178. The van der Waals surface area contributed by atoms with Gasteiger partial charge >= 0.3 is 17.9 Å². The van der Waals surface area contributed by atoms with Crippen LogP contribution in [0.4, 0.5) is 0 Å². The second kappa shape index (κ2) is 19.5. The summed E-state index contributed by atoms with van der Waals surface area (Å²) in [7, 11) is 2.80. The highest BCUT2D eigenvalue weighted by Gasteiger charge is 2.53. The molecule has 4 N–H and O–H groups in total. The second-order valence-corrected chi connectivity index (χ2v) is 14.6. The largest absolute Gasteiger partial charge is 0.490 e. The summed E-state index contributed by atoms with van der Waals surface area (Å²) in [4.78, 5) is 37.1. The standard InChI is InChI=1S/C39H60O12/c1-21(2)36-26(7)31(49-33(42)16-15-32(40)41)20-39(46,51-36)28(9)35(44)27(8)37-29(47-10)14-12-13-22(3)17-24(5)34(43)25(6)18-23(4)19-30(48-11)38(45)50-37/h12-16,18-19,21,24-29,31,34-37,43-44,46H,17,20H2,1-11H3,(H,40,41)/b14-12-,16-15+,22-13+,23-18+,30-19-/t24-,25+,26-,27-,28-,29-,31+,34-,35+,36+,37+,39+/m0/s1. The molecule has 1 fully saturated rings. The molecule has 0 saturated carbocycles. The molecular formula is C39H60O12. The van der Waals surface area contributed by atoms with Gasteiger partial charge in [-0.05, 0) is 38.2 Å². The molecule has 2 aliphatic heterocycles.